The first kappa shape index (κ1) is 27.0. The van der Waals surface area contributed by atoms with Crippen LogP contribution in [-0.2, 0) is 22.7 Å². The van der Waals surface area contributed by atoms with Crippen LogP contribution in [0.3, 0.4) is 0 Å². The zero-order valence-corrected chi connectivity index (χ0v) is 21.5. The van der Waals surface area contributed by atoms with Crippen molar-refractivity contribution in [2.45, 2.75) is 32.3 Å². The molecule has 8 nitrogen and oxygen atoms in total. The summed E-state index contributed by atoms with van der Waals surface area (Å²) >= 11 is 0. The van der Waals surface area contributed by atoms with Gasteiger partial charge in [-0.25, -0.2) is 5.06 Å². The monoisotopic (exact) mass is 514 g/mol. The Balaban J connectivity index is 1.39. The SMILES string of the molecule is NC(=O)c1ccc(CON(CCN2CCCC2)C(=O)c2cccc(NC(=O)CCc3ccccc3)c2)cc1. The topological polar surface area (TPSA) is 105 Å². The standard InChI is InChI=1S/C30H34N4O4/c31-29(36)25-14-11-24(12-15-25)22-38-34(20-19-33-17-4-5-18-33)30(37)26-9-6-10-27(21-26)32-28(35)16-13-23-7-2-1-3-8-23/h1-3,6-12,14-15,21H,4-5,13,16-20,22H2,(H2,31,36)(H,32,35). The van der Waals surface area contributed by atoms with Crippen molar-refractivity contribution in [2.75, 3.05) is 31.5 Å². The fourth-order valence-electron chi connectivity index (χ4n) is 4.38. The molecule has 0 unspecified atom stereocenters. The first-order valence-corrected chi connectivity index (χ1v) is 13.0. The number of likely N-dealkylation sites (tertiary alicyclic amines) is 1. The molecule has 0 aliphatic carbocycles. The quantitative estimate of drug-likeness (QED) is 0.355. The molecular weight excluding hydrogens is 480 g/mol. The van der Waals surface area contributed by atoms with Gasteiger partial charge in [0, 0.05) is 29.8 Å². The van der Waals surface area contributed by atoms with Crippen LogP contribution in [0, 0.1) is 0 Å². The summed E-state index contributed by atoms with van der Waals surface area (Å²) in [5.41, 5.74) is 8.64. The number of hydroxylamine groups is 2. The average Bonchev–Trinajstić information content (AvgIpc) is 3.46. The molecule has 0 radical (unpaired) electrons. The number of hydrogen-bond acceptors (Lipinski definition) is 5. The van der Waals surface area contributed by atoms with Crippen molar-refractivity contribution in [3.05, 3.63) is 101 Å². The van der Waals surface area contributed by atoms with E-state index < -0.39 is 5.91 Å². The number of hydrogen-bond donors (Lipinski definition) is 2. The molecule has 198 valence electrons. The first-order chi connectivity index (χ1) is 18.5. The number of nitrogens with two attached hydrogens (primary N) is 1. The maximum absolute atomic E-state index is 13.5. The first-order valence-electron chi connectivity index (χ1n) is 13.0. The number of carbonyl (C=O) groups excluding carboxylic acids is 3. The molecule has 4 rings (SSSR count). The van der Waals surface area contributed by atoms with Gasteiger partial charge in [-0.05, 0) is 73.8 Å². The van der Waals surface area contributed by atoms with Crippen LogP contribution in [0.2, 0.25) is 0 Å². The van der Waals surface area contributed by atoms with Crippen LogP contribution >= 0.6 is 0 Å². The third-order valence-corrected chi connectivity index (χ3v) is 6.55. The lowest BCUT2D eigenvalue weighted by Crippen LogP contribution is -2.38. The Labute approximate surface area is 223 Å². The number of nitrogens with zero attached hydrogens (tertiary/aromatic N) is 2. The summed E-state index contributed by atoms with van der Waals surface area (Å²) in [6.07, 6.45) is 3.31. The molecule has 1 heterocycles. The summed E-state index contributed by atoms with van der Waals surface area (Å²) < 4.78 is 0. The normalized spacial score (nSPS) is 13.3. The zero-order chi connectivity index (χ0) is 26.7. The molecule has 1 fully saturated rings. The summed E-state index contributed by atoms with van der Waals surface area (Å²) in [4.78, 5) is 45.6. The molecule has 8 heteroatoms. The molecule has 3 N–H and O–H groups in total. The van der Waals surface area contributed by atoms with Gasteiger partial charge in [-0.1, -0.05) is 48.5 Å². The number of primary amides is 1. The Kier molecular flexibility index (Phi) is 9.61. The number of nitrogens with one attached hydrogen (secondary N) is 1. The van der Waals surface area contributed by atoms with Crippen LogP contribution in [0.25, 0.3) is 0 Å². The van der Waals surface area contributed by atoms with E-state index in [1.54, 1.807) is 48.5 Å². The van der Waals surface area contributed by atoms with Crippen molar-refractivity contribution in [3.8, 4) is 0 Å². The van der Waals surface area contributed by atoms with Crippen LogP contribution in [0.5, 0.6) is 0 Å². The smallest absolute Gasteiger partial charge is 0.277 e. The second-order valence-corrected chi connectivity index (χ2v) is 9.41. The maximum Gasteiger partial charge on any atom is 0.277 e. The molecule has 0 atom stereocenters. The van der Waals surface area contributed by atoms with Gasteiger partial charge in [0.15, 0.2) is 0 Å². The molecule has 3 aromatic carbocycles. The molecule has 0 spiro atoms. The number of rotatable bonds is 12. The molecule has 1 aliphatic heterocycles. The van der Waals surface area contributed by atoms with Gasteiger partial charge >= 0.3 is 0 Å². The minimum Gasteiger partial charge on any atom is -0.366 e. The van der Waals surface area contributed by atoms with E-state index in [9.17, 15) is 14.4 Å². The van der Waals surface area contributed by atoms with Crippen molar-refractivity contribution in [2.24, 2.45) is 5.73 Å². The van der Waals surface area contributed by atoms with Gasteiger partial charge in [-0.3, -0.25) is 19.2 Å². The maximum atomic E-state index is 13.5. The van der Waals surface area contributed by atoms with Gasteiger partial charge in [-0.15, -0.1) is 0 Å². The molecule has 1 aliphatic rings. The fraction of sp³-hybridized carbons (Fsp3) is 0.300. The van der Waals surface area contributed by atoms with Crippen LogP contribution in [0.1, 0.15) is 51.1 Å². The summed E-state index contributed by atoms with van der Waals surface area (Å²) in [5, 5.41) is 4.28. The molecule has 3 amide bonds. The Morgan fingerprint density at radius 3 is 2.32 bits per heavy atom. The Bertz CT molecular complexity index is 1220. The highest BCUT2D eigenvalue weighted by Gasteiger charge is 2.20. The van der Waals surface area contributed by atoms with Crippen molar-refractivity contribution in [3.63, 3.8) is 0 Å². The van der Waals surface area contributed by atoms with Crippen molar-refractivity contribution in [1.82, 2.24) is 9.96 Å². The highest BCUT2D eigenvalue weighted by molar-refractivity contribution is 5.97. The van der Waals surface area contributed by atoms with E-state index in [2.05, 4.69) is 10.2 Å². The molecule has 38 heavy (non-hydrogen) atoms. The van der Waals surface area contributed by atoms with Crippen LogP contribution < -0.4 is 11.1 Å². The molecule has 1 saturated heterocycles. The van der Waals surface area contributed by atoms with Crippen LogP contribution in [0.4, 0.5) is 5.69 Å². The largest absolute Gasteiger partial charge is 0.366 e. The molecule has 0 saturated carbocycles. The van der Waals surface area contributed by atoms with E-state index in [1.807, 2.05) is 30.3 Å². The highest BCUT2D eigenvalue weighted by Crippen LogP contribution is 2.16. The number of amides is 3. The summed E-state index contributed by atoms with van der Waals surface area (Å²) in [5.74, 6) is -0.884. The van der Waals surface area contributed by atoms with E-state index in [0.29, 0.717) is 42.7 Å². The summed E-state index contributed by atoms with van der Waals surface area (Å²) in [7, 11) is 0. The van der Waals surface area contributed by atoms with Crippen molar-refractivity contribution >= 4 is 23.4 Å². The Morgan fingerprint density at radius 2 is 1.61 bits per heavy atom. The highest BCUT2D eigenvalue weighted by atomic mass is 16.7. The predicted octanol–water partition coefficient (Wildman–Crippen LogP) is 4.03. The Hall–Kier alpha value is -4.01. The number of aryl methyl sites for hydroxylation is 1. The number of benzene rings is 3. The van der Waals surface area contributed by atoms with E-state index >= 15 is 0 Å². The number of anilines is 1. The zero-order valence-electron chi connectivity index (χ0n) is 21.5. The number of carbonyl (C=O) groups is 3. The molecule has 3 aromatic rings. The van der Waals surface area contributed by atoms with E-state index in [4.69, 9.17) is 10.6 Å². The van der Waals surface area contributed by atoms with Gasteiger partial charge in [-0.2, -0.15) is 0 Å². The molecule has 0 aromatic heterocycles. The minimum absolute atomic E-state index is 0.111. The predicted molar refractivity (Wildman–Crippen MR) is 146 cm³/mol. The lowest BCUT2D eigenvalue weighted by atomic mass is 10.1. The van der Waals surface area contributed by atoms with Gasteiger partial charge in [0.2, 0.25) is 11.8 Å². The van der Waals surface area contributed by atoms with Gasteiger partial charge in [0.25, 0.3) is 5.91 Å². The summed E-state index contributed by atoms with van der Waals surface area (Å²) in [6, 6.07) is 23.6. The average molecular weight is 515 g/mol. The third kappa shape index (κ3) is 7.99. The fourth-order valence-corrected chi connectivity index (χ4v) is 4.38. The van der Waals surface area contributed by atoms with E-state index in [0.717, 1.165) is 37.1 Å². The molecule has 0 bridgehead atoms. The van der Waals surface area contributed by atoms with Gasteiger partial charge in [0.05, 0.1) is 6.54 Å². The van der Waals surface area contributed by atoms with Crippen molar-refractivity contribution in [1.29, 1.82) is 0 Å². The summed E-state index contributed by atoms with van der Waals surface area (Å²) in [6.45, 7) is 3.32. The van der Waals surface area contributed by atoms with Gasteiger partial charge < -0.3 is 16.0 Å². The van der Waals surface area contributed by atoms with Crippen LogP contribution in [-0.4, -0.2) is 53.9 Å². The lowest BCUT2D eigenvalue weighted by molar-refractivity contribution is -0.135. The molecular formula is C30H34N4O4. The van der Waals surface area contributed by atoms with Crippen LogP contribution in [0.15, 0.2) is 78.9 Å². The second kappa shape index (κ2) is 13.5. The minimum atomic E-state index is -0.494. The second-order valence-electron chi connectivity index (χ2n) is 9.41. The van der Waals surface area contributed by atoms with E-state index in [1.165, 1.54) is 5.06 Å². The van der Waals surface area contributed by atoms with Crippen molar-refractivity contribution < 1.29 is 19.2 Å². The van der Waals surface area contributed by atoms with Gasteiger partial charge in [0.1, 0.15) is 6.61 Å². The lowest BCUT2D eigenvalue weighted by Gasteiger charge is -2.25. The third-order valence-electron chi connectivity index (χ3n) is 6.55. The Morgan fingerprint density at radius 1 is 0.868 bits per heavy atom. The van der Waals surface area contributed by atoms with E-state index in [-0.39, 0.29) is 18.4 Å².